The Morgan fingerprint density at radius 1 is 1.38 bits per heavy atom. The molecule has 1 aromatic carbocycles. The van der Waals surface area contributed by atoms with Crippen molar-refractivity contribution in [1.82, 2.24) is 5.32 Å². The monoisotopic (exact) mass is 302 g/mol. The number of halogens is 1. The second-order valence-corrected chi connectivity index (χ2v) is 5.99. The van der Waals surface area contributed by atoms with Crippen LogP contribution in [0.5, 0.6) is 0 Å². The van der Waals surface area contributed by atoms with Crippen LogP contribution in [0.25, 0.3) is 6.08 Å². The maximum Gasteiger partial charge on any atom is 0.245 e. The highest BCUT2D eigenvalue weighted by Gasteiger charge is 2.32. The number of hydrogen-bond donors (Lipinski definition) is 1. The van der Waals surface area contributed by atoms with E-state index < -0.39 is 5.54 Å². The van der Waals surface area contributed by atoms with Crippen molar-refractivity contribution in [1.29, 1.82) is 5.26 Å². The van der Waals surface area contributed by atoms with Crippen LogP contribution in [-0.4, -0.2) is 11.4 Å². The van der Waals surface area contributed by atoms with Crippen molar-refractivity contribution in [2.45, 2.75) is 44.6 Å². The van der Waals surface area contributed by atoms with Gasteiger partial charge in [0.25, 0.3) is 0 Å². The van der Waals surface area contributed by atoms with Crippen LogP contribution < -0.4 is 5.32 Å². The summed E-state index contributed by atoms with van der Waals surface area (Å²) in [6.45, 7) is 1.93. The number of carbonyl (C=O) groups excluding carboxylic acids is 1. The third kappa shape index (κ3) is 4.09. The summed E-state index contributed by atoms with van der Waals surface area (Å²) < 4.78 is 0. The van der Waals surface area contributed by atoms with Gasteiger partial charge in [0.1, 0.15) is 5.54 Å². The standard InChI is InChI=1S/C17H19ClN2O/c1-13-5-6-14(11-15(13)18)7-8-16(21)20-17(12-19)9-3-2-4-10-17/h5-8,11H,2-4,9-10H2,1H3,(H,20,21)/b8-7+. The lowest BCUT2D eigenvalue weighted by molar-refractivity contribution is -0.118. The lowest BCUT2D eigenvalue weighted by Gasteiger charge is -2.31. The van der Waals surface area contributed by atoms with Crippen molar-refractivity contribution < 1.29 is 4.79 Å². The van der Waals surface area contributed by atoms with Gasteiger partial charge in [0.2, 0.25) is 5.91 Å². The summed E-state index contributed by atoms with van der Waals surface area (Å²) >= 11 is 6.05. The highest BCUT2D eigenvalue weighted by molar-refractivity contribution is 6.31. The van der Waals surface area contributed by atoms with Crippen LogP contribution >= 0.6 is 11.6 Å². The SMILES string of the molecule is Cc1ccc(/C=C/C(=O)NC2(C#N)CCCCC2)cc1Cl. The van der Waals surface area contributed by atoms with Crippen molar-refractivity contribution in [3.63, 3.8) is 0 Å². The molecule has 1 aliphatic rings. The van der Waals surface area contributed by atoms with E-state index in [0.717, 1.165) is 43.2 Å². The van der Waals surface area contributed by atoms with Gasteiger partial charge in [-0.05, 0) is 43.0 Å². The topological polar surface area (TPSA) is 52.9 Å². The van der Waals surface area contributed by atoms with Crippen LogP contribution in [0.4, 0.5) is 0 Å². The van der Waals surface area contributed by atoms with E-state index in [1.165, 1.54) is 6.08 Å². The number of carbonyl (C=O) groups is 1. The normalized spacial score (nSPS) is 17.4. The Morgan fingerprint density at radius 3 is 2.71 bits per heavy atom. The first-order valence-corrected chi connectivity index (χ1v) is 7.60. The van der Waals surface area contributed by atoms with E-state index in [4.69, 9.17) is 11.6 Å². The average Bonchev–Trinajstić information content (AvgIpc) is 2.49. The molecule has 0 radical (unpaired) electrons. The first kappa shape index (κ1) is 15.6. The first-order chi connectivity index (χ1) is 10.0. The van der Waals surface area contributed by atoms with Gasteiger partial charge in [-0.1, -0.05) is 43.0 Å². The highest BCUT2D eigenvalue weighted by Crippen LogP contribution is 2.27. The summed E-state index contributed by atoms with van der Waals surface area (Å²) in [5.74, 6) is -0.227. The molecule has 0 unspecified atom stereocenters. The molecule has 3 nitrogen and oxygen atoms in total. The van der Waals surface area contributed by atoms with Crippen LogP contribution in [0.15, 0.2) is 24.3 Å². The number of nitriles is 1. The summed E-state index contributed by atoms with van der Waals surface area (Å²) in [6.07, 6.45) is 7.77. The molecule has 1 fully saturated rings. The Hall–Kier alpha value is -1.79. The minimum absolute atomic E-state index is 0.227. The molecule has 110 valence electrons. The van der Waals surface area contributed by atoms with Crippen LogP contribution in [-0.2, 0) is 4.79 Å². The molecule has 4 heteroatoms. The molecule has 1 aliphatic carbocycles. The lowest BCUT2D eigenvalue weighted by Crippen LogP contribution is -2.48. The zero-order valence-electron chi connectivity index (χ0n) is 12.2. The van der Waals surface area contributed by atoms with E-state index in [1.807, 2.05) is 25.1 Å². The van der Waals surface area contributed by atoms with E-state index in [1.54, 1.807) is 6.08 Å². The van der Waals surface area contributed by atoms with Gasteiger partial charge >= 0.3 is 0 Å². The number of hydrogen-bond acceptors (Lipinski definition) is 2. The molecule has 1 aromatic rings. The Balaban J connectivity index is 2.02. The average molecular weight is 303 g/mol. The molecular weight excluding hydrogens is 284 g/mol. The molecule has 2 rings (SSSR count). The van der Waals surface area contributed by atoms with E-state index in [0.29, 0.717) is 5.02 Å². The lowest BCUT2D eigenvalue weighted by atomic mass is 9.83. The van der Waals surface area contributed by atoms with Gasteiger partial charge in [-0.15, -0.1) is 0 Å². The molecular formula is C17H19ClN2O. The Kier molecular flexibility index (Phi) is 5.03. The van der Waals surface area contributed by atoms with Gasteiger partial charge in [-0.3, -0.25) is 4.79 Å². The predicted octanol–water partition coefficient (Wildman–Crippen LogP) is 4.00. The largest absolute Gasteiger partial charge is 0.334 e. The van der Waals surface area contributed by atoms with Crippen molar-refractivity contribution in [3.8, 4) is 6.07 Å². The van der Waals surface area contributed by atoms with Crippen LogP contribution in [0.3, 0.4) is 0 Å². The van der Waals surface area contributed by atoms with Gasteiger partial charge in [0, 0.05) is 11.1 Å². The van der Waals surface area contributed by atoms with Crippen LogP contribution in [0, 0.1) is 18.3 Å². The minimum atomic E-state index is -0.690. The quantitative estimate of drug-likeness (QED) is 0.858. The molecule has 0 saturated heterocycles. The molecule has 0 aromatic heterocycles. The van der Waals surface area contributed by atoms with Crippen molar-refractivity contribution >= 4 is 23.6 Å². The maximum atomic E-state index is 12.0. The number of nitrogens with zero attached hydrogens (tertiary/aromatic N) is 1. The summed E-state index contributed by atoms with van der Waals surface area (Å²) in [5, 5.41) is 12.9. The fourth-order valence-electron chi connectivity index (χ4n) is 2.58. The van der Waals surface area contributed by atoms with Gasteiger partial charge in [0.05, 0.1) is 6.07 Å². The second kappa shape index (κ2) is 6.78. The highest BCUT2D eigenvalue weighted by atomic mass is 35.5. The zero-order valence-corrected chi connectivity index (χ0v) is 12.9. The fourth-order valence-corrected chi connectivity index (χ4v) is 2.77. The molecule has 21 heavy (non-hydrogen) atoms. The smallest absolute Gasteiger partial charge is 0.245 e. The summed E-state index contributed by atoms with van der Waals surface area (Å²) in [7, 11) is 0. The number of nitrogens with one attached hydrogen (secondary N) is 1. The molecule has 0 aliphatic heterocycles. The van der Waals surface area contributed by atoms with Crippen LogP contribution in [0.1, 0.15) is 43.2 Å². The Morgan fingerprint density at radius 2 is 2.10 bits per heavy atom. The van der Waals surface area contributed by atoms with E-state index in [9.17, 15) is 10.1 Å². The van der Waals surface area contributed by atoms with Gasteiger partial charge in [-0.25, -0.2) is 0 Å². The molecule has 1 N–H and O–H groups in total. The van der Waals surface area contributed by atoms with Gasteiger partial charge < -0.3 is 5.32 Å². The van der Waals surface area contributed by atoms with Crippen molar-refractivity contribution in [2.24, 2.45) is 0 Å². The number of amides is 1. The first-order valence-electron chi connectivity index (χ1n) is 7.22. The van der Waals surface area contributed by atoms with Gasteiger partial charge in [-0.2, -0.15) is 5.26 Å². The number of aryl methyl sites for hydroxylation is 1. The summed E-state index contributed by atoms with van der Waals surface area (Å²) in [5.41, 5.74) is 1.18. The molecule has 1 amide bonds. The maximum absolute atomic E-state index is 12.0. The Bertz CT molecular complexity index is 595. The summed E-state index contributed by atoms with van der Waals surface area (Å²) in [6, 6.07) is 7.92. The fraction of sp³-hybridized carbons (Fsp3) is 0.412. The molecule has 0 heterocycles. The molecule has 1 saturated carbocycles. The Labute approximate surface area is 130 Å². The second-order valence-electron chi connectivity index (χ2n) is 5.59. The van der Waals surface area contributed by atoms with Gasteiger partial charge in [0.15, 0.2) is 0 Å². The summed E-state index contributed by atoms with van der Waals surface area (Å²) in [4.78, 5) is 12.0. The third-order valence-corrected chi connectivity index (χ3v) is 4.31. The molecule has 0 bridgehead atoms. The van der Waals surface area contributed by atoms with Crippen molar-refractivity contribution in [3.05, 3.63) is 40.4 Å². The van der Waals surface area contributed by atoms with Crippen molar-refractivity contribution in [2.75, 3.05) is 0 Å². The molecule has 0 spiro atoms. The number of benzene rings is 1. The van der Waals surface area contributed by atoms with E-state index in [2.05, 4.69) is 11.4 Å². The van der Waals surface area contributed by atoms with E-state index in [-0.39, 0.29) is 5.91 Å². The zero-order chi connectivity index (χ0) is 15.3. The molecule has 0 atom stereocenters. The minimum Gasteiger partial charge on any atom is -0.334 e. The number of rotatable bonds is 3. The van der Waals surface area contributed by atoms with Crippen LogP contribution in [0.2, 0.25) is 5.02 Å². The van der Waals surface area contributed by atoms with E-state index >= 15 is 0 Å². The third-order valence-electron chi connectivity index (χ3n) is 3.91. The predicted molar refractivity (Wildman–Crippen MR) is 84.8 cm³/mol.